The molecule has 0 spiro atoms. The number of hydrogen-bond acceptors (Lipinski definition) is 6. The van der Waals surface area contributed by atoms with Crippen molar-refractivity contribution in [2.24, 2.45) is 0 Å². The average Bonchev–Trinajstić information content (AvgIpc) is 2.82. The summed E-state index contributed by atoms with van der Waals surface area (Å²) in [7, 11) is 0. The second kappa shape index (κ2) is 10.7. The van der Waals surface area contributed by atoms with Crippen LogP contribution < -0.4 is 10.1 Å². The molecule has 2 aromatic rings. The van der Waals surface area contributed by atoms with E-state index in [2.05, 4.69) is 22.3 Å². The van der Waals surface area contributed by atoms with Gasteiger partial charge in [0.15, 0.2) is 0 Å². The van der Waals surface area contributed by atoms with E-state index in [1.165, 1.54) is 5.56 Å². The summed E-state index contributed by atoms with van der Waals surface area (Å²) >= 11 is 0. The van der Waals surface area contributed by atoms with Crippen molar-refractivity contribution in [1.29, 1.82) is 0 Å². The molecule has 2 aliphatic rings. The van der Waals surface area contributed by atoms with E-state index in [-0.39, 0.29) is 12.3 Å². The van der Waals surface area contributed by atoms with Gasteiger partial charge in [0.05, 0.1) is 12.5 Å². The monoisotopic (exact) mass is 509 g/mol. The Labute approximate surface area is 219 Å². The zero-order valence-corrected chi connectivity index (χ0v) is 22.5. The average molecular weight is 510 g/mol. The van der Waals surface area contributed by atoms with Gasteiger partial charge in [0, 0.05) is 38.3 Å². The van der Waals surface area contributed by atoms with Crippen LogP contribution in [0.3, 0.4) is 0 Å². The number of aliphatic hydroxyl groups excluding tert-OH is 1. The molecule has 1 fully saturated rings. The summed E-state index contributed by atoms with van der Waals surface area (Å²) in [5.74, 6) is 0.635. The van der Waals surface area contributed by atoms with E-state index in [0.717, 1.165) is 25.2 Å². The summed E-state index contributed by atoms with van der Waals surface area (Å²) in [6, 6.07) is 15.2. The summed E-state index contributed by atoms with van der Waals surface area (Å²) in [5.41, 5.74) is 1.14. The van der Waals surface area contributed by atoms with Crippen molar-refractivity contribution in [2.75, 3.05) is 26.2 Å². The summed E-state index contributed by atoms with van der Waals surface area (Å²) in [5, 5.41) is 13.8. The van der Waals surface area contributed by atoms with Crippen molar-refractivity contribution in [3.05, 3.63) is 65.2 Å². The Morgan fingerprint density at radius 3 is 2.38 bits per heavy atom. The van der Waals surface area contributed by atoms with Crippen LogP contribution >= 0.6 is 0 Å². The van der Waals surface area contributed by atoms with Gasteiger partial charge in [-0.05, 0) is 57.9 Å². The molecule has 0 aromatic heterocycles. The number of ether oxygens (including phenoxy) is 2. The number of carbonyl (C=O) groups is 2. The fourth-order valence-corrected chi connectivity index (χ4v) is 4.83. The highest BCUT2D eigenvalue weighted by Gasteiger charge is 2.44. The van der Waals surface area contributed by atoms with Crippen molar-refractivity contribution in [1.82, 2.24) is 15.1 Å². The number of alkyl carbamates (subject to hydrolysis) is 1. The van der Waals surface area contributed by atoms with Gasteiger partial charge in [-0.25, -0.2) is 4.79 Å². The molecule has 2 amide bonds. The third kappa shape index (κ3) is 6.81. The Hall–Kier alpha value is -3.10. The lowest BCUT2D eigenvalue weighted by molar-refractivity contribution is -0.132. The van der Waals surface area contributed by atoms with E-state index < -0.39 is 29.4 Å². The number of amides is 2. The highest BCUT2D eigenvalue weighted by molar-refractivity contribution is 5.79. The zero-order chi connectivity index (χ0) is 26.8. The molecule has 0 aliphatic carbocycles. The Morgan fingerprint density at radius 1 is 1.05 bits per heavy atom. The number of nitrogens with one attached hydrogen (secondary N) is 1. The predicted octanol–water partition coefficient (Wildman–Crippen LogP) is 3.67. The molecule has 4 rings (SSSR count). The predicted molar refractivity (Wildman–Crippen MR) is 141 cm³/mol. The summed E-state index contributed by atoms with van der Waals surface area (Å²) in [6.07, 6.45) is -1.38. The summed E-state index contributed by atoms with van der Waals surface area (Å²) in [6.45, 7) is 12.9. The lowest BCUT2D eigenvalue weighted by atomic mass is 9.85. The van der Waals surface area contributed by atoms with Gasteiger partial charge in [-0.15, -0.1) is 0 Å². The Kier molecular flexibility index (Phi) is 7.80. The molecular formula is C29H39N3O5. The molecule has 200 valence electrons. The first-order valence-corrected chi connectivity index (χ1v) is 12.9. The number of aliphatic hydroxyl groups is 1. The van der Waals surface area contributed by atoms with E-state index in [0.29, 0.717) is 24.4 Å². The van der Waals surface area contributed by atoms with Crippen molar-refractivity contribution in [3.63, 3.8) is 0 Å². The van der Waals surface area contributed by atoms with E-state index in [1.54, 1.807) is 34.6 Å². The maximum atomic E-state index is 13.1. The Bertz CT molecular complexity index is 1100. The molecule has 1 saturated heterocycles. The van der Waals surface area contributed by atoms with Gasteiger partial charge in [-0.1, -0.05) is 36.4 Å². The third-order valence-corrected chi connectivity index (χ3v) is 6.81. The number of fused-ring (bicyclic) bond motifs is 1. The van der Waals surface area contributed by atoms with Crippen molar-refractivity contribution >= 4 is 12.0 Å². The summed E-state index contributed by atoms with van der Waals surface area (Å²) < 4.78 is 11.5. The molecule has 37 heavy (non-hydrogen) atoms. The lowest BCUT2D eigenvalue weighted by Crippen LogP contribution is -2.54. The Morgan fingerprint density at radius 2 is 1.73 bits per heavy atom. The maximum absolute atomic E-state index is 13.1. The first-order chi connectivity index (χ1) is 17.4. The molecule has 0 saturated carbocycles. The van der Waals surface area contributed by atoms with Crippen molar-refractivity contribution in [2.45, 2.75) is 70.9 Å². The van der Waals surface area contributed by atoms with Crippen LogP contribution in [0.4, 0.5) is 4.79 Å². The summed E-state index contributed by atoms with van der Waals surface area (Å²) in [4.78, 5) is 30.0. The maximum Gasteiger partial charge on any atom is 0.408 e. The van der Waals surface area contributed by atoms with Gasteiger partial charge in [-0.3, -0.25) is 9.69 Å². The topological polar surface area (TPSA) is 91.3 Å². The van der Waals surface area contributed by atoms with Crippen LogP contribution in [0.2, 0.25) is 0 Å². The molecule has 0 radical (unpaired) electrons. The van der Waals surface area contributed by atoms with Crippen molar-refractivity contribution in [3.8, 4) is 5.75 Å². The minimum Gasteiger partial charge on any atom is -0.485 e. The van der Waals surface area contributed by atoms with Crippen LogP contribution in [0.5, 0.6) is 5.75 Å². The van der Waals surface area contributed by atoms with Crippen LogP contribution in [0.15, 0.2) is 48.5 Å². The minimum absolute atomic E-state index is 0.0635. The Balaban J connectivity index is 1.42. The number of hydrogen-bond donors (Lipinski definition) is 2. The number of benzene rings is 2. The molecule has 8 heteroatoms. The SMILES string of the molecule is CC(C)(C)OC(=O)NC1c2cc(CC(=O)N3CCN(Cc4ccccc4)CC3)ccc2OC(C)(C)C1O. The second-order valence-electron chi connectivity index (χ2n) is 11.5. The fraction of sp³-hybridized carbons (Fsp3) is 0.517. The number of carbonyl (C=O) groups excluding carboxylic acids is 2. The standard InChI is InChI=1S/C29H39N3O5/c1-28(2,3)37-27(35)30-25-22-17-21(11-12-23(22)36-29(4,5)26(25)34)18-24(33)32-15-13-31(14-16-32)19-20-9-7-6-8-10-20/h6-12,17,25-26,34H,13-16,18-19H2,1-5H3,(H,30,35). The van der Waals surface area contributed by atoms with E-state index in [1.807, 2.05) is 41.3 Å². The van der Waals surface area contributed by atoms with Crippen LogP contribution in [0.25, 0.3) is 0 Å². The highest BCUT2D eigenvalue weighted by atomic mass is 16.6. The van der Waals surface area contributed by atoms with Gasteiger partial charge in [-0.2, -0.15) is 0 Å². The molecule has 2 N–H and O–H groups in total. The molecule has 2 heterocycles. The normalized spacial score (nSPS) is 21.5. The first-order valence-electron chi connectivity index (χ1n) is 12.9. The molecular weight excluding hydrogens is 470 g/mol. The number of nitrogens with zero attached hydrogens (tertiary/aromatic N) is 2. The third-order valence-electron chi connectivity index (χ3n) is 6.81. The zero-order valence-electron chi connectivity index (χ0n) is 22.5. The van der Waals surface area contributed by atoms with E-state index >= 15 is 0 Å². The molecule has 0 bridgehead atoms. The van der Waals surface area contributed by atoms with Crippen LogP contribution in [0, 0.1) is 0 Å². The highest BCUT2D eigenvalue weighted by Crippen LogP contribution is 2.40. The lowest BCUT2D eigenvalue weighted by Gasteiger charge is -2.42. The number of rotatable bonds is 5. The van der Waals surface area contributed by atoms with Crippen LogP contribution in [-0.2, 0) is 22.5 Å². The fourth-order valence-electron chi connectivity index (χ4n) is 4.83. The second-order valence-corrected chi connectivity index (χ2v) is 11.5. The molecule has 2 aliphatic heterocycles. The van der Waals surface area contributed by atoms with Crippen LogP contribution in [0.1, 0.15) is 57.4 Å². The van der Waals surface area contributed by atoms with Crippen molar-refractivity contribution < 1.29 is 24.2 Å². The van der Waals surface area contributed by atoms with Gasteiger partial charge in [0.2, 0.25) is 5.91 Å². The van der Waals surface area contributed by atoms with Crippen LogP contribution in [-0.4, -0.2) is 70.4 Å². The molecule has 2 aromatic carbocycles. The smallest absolute Gasteiger partial charge is 0.408 e. The first kappa shape index (κ1) is 26.9. The largest absolute Gasteiger partial charge is 0.485 e. The van der Waals surface area contributed by atoms with E-state index in [9.17, 15) is 14.7 Å². The minimum atomic E-state index is -1.00. The van der Waals surface area contributed by atoms with Gasteiger partial charge >= 0.3 is 6.09 Å². The van der Waals surface area contributed by atoms with Gasteiger partial charge < -0.3 is 24.8 Å². The van der Waals surface area contributed by atoms with Gasteiger partial charge in [0.1, 0.15) is 23.1 Å². The van der Waals surface area contributed by atoms with Gasteiger partial charge in [0.25, 0.3) is 0 Å². The quantitative estimate of drug-likeness (QED) is 0.639. The molecule has 8 nitrogen and oxygen atoms in total. The number of piperazine rings is 1. The molecule has 2 atom stereocenters. The molecule has 2 unspecified atom stereocenters. The van der Waals surface area contributed by atoms with E-state index in [4.69, 9.17) is 9.47 Å².